The van der Waals surface area contributed by atoms with Gasteiger partial charge in [0.15, 0.2) is 34.9 Å². The van der Waals surface area contributed by atoms with Gasteiger partial charge in [0.1, 0.15) is 33.9 Å². The van der Waals surface area contributed by atoms with Crippen molar-refractivity contribution in [2.75, 3.05) is 6.16 Å². The predicted octanol–water partition coefficient (Wildman–Crippen LogP) is 11.9. The zero-order chi connectivity index (χ0) is 44.6. The molecular formula is C48H48BF10P. The van der Waals surface area contributed by atoms with E-state index in [0.717, 1.165) is 44.0 Å². The average Bonchev–Trinajstić information content (AvgIpc) is 3.19. The van der Waals surface area contributed by atoms with E-state index in [9.17, 15) is 26.3 Å². The second kappa shape index (κ2) is 21.1. The van der Waals surface area contributed by atoms with Crippen LogP contribution in [0.4, 0.5) is 43.9 Å². The third kappa shape index (κ3) is 11.1. The molecule has 0 saturated heterocycles. The Morgan fingerprint density at radius 1 is 0.367 bits per heavy atom. The fraction of sp³-hybridized carbons (Fsp3) is 0.250. The first-order valence-electron chi connectivity index (χ1n) is 19.6. The smallest absolute Gasteiger partial charge is 0.200 e. The van der Waals surface area contributed by atoms with E-state index in [2.05, 4.69) is 62.4 Å². The van der Waals surface area contributed by atoms with Gasteiger partial charge >= 0.3 is 0 Å². The number of hydrogen-bond donors (Lipinski definition) is 0. The highest BCUT2D eigenvalue weighted by Crippen LogP contribution is 2.40. The summed E-state index contributed by atoms with van der Waals surface area (Å²) in [4.78, 5) is 0. The number of halogens is 10. The molecule has 12 heteroatoms. The van der Waals surface area contributed by atoms with Crippen LogP contribution in [0.1, 0.15) is 57.3 Å². The fourth-order valence-corrected chi connectivity index (χ4v) is 11.6. The molecule has 0 fully saturated rings. The molecule has 0 aliphatic heterocycles. The topological polar surface area (TPSA) is 0 Å². The van der Waals surface area contributed by atoms with Crippen molar-refractivity contribution in [3.05, 3.63) is 188 Å². The fourth-order valence-electron chi connectivity index (χ4n) is 8.06. The molecule has 0 spiro atoms. The van der Waals surface area contributed by atoms with Gasteiger partial charge in [-0.1, -0.05) is 114 Å². The summed E-state index contributed by atoms with van der Waals surface area (Å²) in [7, 11) is -1.57. The first kappa shape index (κ1) is 47.8. The number of hydrogen-bond acceptors (Lipinski definition) is 0. The van der Waals surface area contributed by atoms with E-state index in [4.69, 9.17) is 0 Å². The van der Waals surface area contributed by atoms with Crippen molar-refractivity contribution in [3.63, 3.8) is 0 Å². The highest BCUT2D eigenvalue weighted by Gasteiger charge is 2.34. The van der Waals surface area contributed by atoms with Gasteiger partial charge in [-0.2, -0.15) is 6.32 Å². The summed E-state index contributed by atoms with van der Waals surface area (Å²) in [5.41, 5.74) is 5.82. The van der Waals surface area contributed by atoms with E-state index >= 15 is 17.6 Å². The maximum atomic E-state index is 15.0. The SMILES string of the molecule is Cc1cc(C)c([PH+](CCCC[BH-](c2c(F)c(F)c(F)c(F)c2F)c2c(F)c(F)c(F)c(F)c2F)c2c(C)cc(C)cc2C)c(C)c1.Cc1ccccc1.Cc1ccccc1. The van der Waals surface area contributed by atoms with Crippen molar-refractivity contribution in [2.45, 2.75) is 74.6 Å². The van der Waals surface area contributed by atoms with Crippen molar-refractivity contribution in [2.24, 2.45) is 0 Å². The van der Waals surface area contributed by atoms with Crippen molar-refractivity contribution in [1.82, 2.24) is 0 Å². The predicted molar refractivity (Wildman–Crippen MR) is 229 cm³/mol. The van der Waals surface area contributed by atoms with Crippen LogP contribution in [0.15, 0.2) is 84.9 Å². The van der Waals surface area contributed by atoms with Crippen molar-refractivity contribution in [1.29, 1.82) is 0 Å². The van der Waals surface area contributed by atoms with Gasteiger partial charge in [0, 0.05) is 0 Å². The molecule has 0 atom stereocenters. The zero-order valence-electron chi connectivity index (χ0n) is 34.9. The summed E-state index contributed by atoms with van der Waals surface area (Å²) in [5.74, 6) is -24.0. The minimum Gasteiger partial charge on any atom is -0.207 e. The standard InChI is InChI=1S/C34H31BF10P.2C7H8/c1-15-11-17(3)33(18(4)12-15)46(34-19(5)13-16(2)14-20(34)6)10-8-7-9-35(21-23(36)27(40)31(44)28(41)24(21)37)22-25(38)29(42)32(45)30(43)26(22)39;2*1-7-5-3-2-4-6-7/h11-14,35H,7-10H2,1-6H3;2*2-6H,1H3/q-1;;/p+1. The summed E-state index contributed by atoms with van der Waals surface area (Å²) in [6.45, 7) is 12.5. The van der Waals surface area contributed by atoms with Crippen LogP contribution < -0.4 is 21.5 Å². The van der Waals surface area contributed by atoms with Gasteiger partial charge in [-0.05, 0) is 84.1 Å². The largest absolute Gasteiger partial charge is 0.207 e. The monoisotopic (exact) mass is 856 g/mol. The Labute approximate surface area is 347 Å². The van der Waals surface area contributed by atoms with Crippen LogP contribution >= 0.6 is 7.92 Å². The Balaban J connectivity index is 0.000000474. The first-order chi connectivity index (χ1) is 28.3. The number of aryl methyl sites for hydroxylation is 8. The Bertz CT molecular complexity index is 2170. The van der Waals surface area contributed by atoms with Gasteiger partial charge in [-0.25, -0.2) is 43.9 Å². The highest BCUT2D eigenvalue weighted by molar-refractivity contribution is 7.73. The van der Waals surface area contributed by atoms with Gasteiger partial charge < -0.3 is 0 Å². The number of benzene rings is 6. The minimum absolute atomic E-state index is 0.0684. The maximum absolute atomic E-state index is 15.0. The molecule has 0 aliphatic rings. The molecule has 0 radical (unpaired) electrons. The third-order valence-electron chi connectivity index (χ3n) is 10.6. The van der Waals surface area contributed by atoms with Crippen molar-refractivity contribution < 1.29 is 43.9 Å². The third-order valence-corrected chi connectivity index (χ3v) is 14.2. The summed E-state index contributed by atoms with van der Waals surface area (Å²) in [6, 6.07) is 28.7. The molecule has 6 aromatic rings. The maximum Gasteiger partial charge on any atom is 0.200 e. The summed E-state index contributed by atoms with van der Waals surface area (Å²) < 4.78 is 145. The second-order valence-corrected chi connectivity index (χ2v) is 17.9. The number of rotatable bonds is 9. The molecule has 0 bridgehead atoms. The lowest BCUT2D eigenvalue weighted by Gasteiger charge is -2.28. The molecule has 0 nitrogen and oxygen atoms in total. The van der Waals surface area contributed by atoms with E-state index in [0.29, 0.717) is 6.16 Å². The molecule has 0 heterocycles. The van der Waals surface area contributed by atoms with Gasteiger partial charge in [0.05, 0.1) is 20.8 Å². The van der Waals surface area contributed by atoms with Crippen molar-refractivity contribution >= 4 is 36.2 Å². The number of unbranched alkanes of at least 4 members (excludes halogenated alkanes) is 1. The van der Waals surface area contributed by atoms with Crippen LogP contribution in [0.3, 0.4) is 0 Å². The molecule has 6 aromatic carbocycles. The molecule has 318 valence electrons. The molecule has 0 aliphatic carbocycles. The molecule has 0 aromatic heterocycles. The zero-order valence-corrected chi connectivity index (χ0v) is 35.9. The summed E-state index contributed by atoms with van der Waals surface area (Å²) in [5, 5.41) is 2.27. The van der Waals surface area contributed by atoms with Crippen LogP contribution in [0.2, 0.25) is 6.32 Å². The van der Waals surface area contributed by atoms with Gasteiger partial charge in [-0.3, -0.25) is 0 Å². The Morgan fingerprint density at radius 3 is 0.917 bits per heavy atom. The Morgan fingerprint density at radius 2 is 0.650 bits per heavy atom. The molecule has 0 amide bonds. The molecule has 0 saturated carbocycles. The van der Waals surface area contributed by atoms with Gasteiger partial charge in [-0.15, -0.1) is 10.9 Å². The molecule has 6 rings (SSSR count). The lowest BCUT2D eigenvalue weighted by atomic mass is 9.37. The van der Waals surface area contributed by atoms with E-state index in [1.165, 1.54) is 11.1 Å². The van der Waals surface area contributed by atoms with Crippen LogP contribution in [-0.4, -0.2) is 12.9 Å². The summed E-state index contributed by atoms with van der Waals surface area (Å²) >= 11 is 0. The lowest BCUT2D eigenvalue weighted by molar-refractivity contribution is 0.382. The minimum atomic E-state index is -3.54. The second-order valence-electron chi connectivity index (χ2n) is 15.4. The van der Waals surface area contributed by atoms with Crippen LogP contribution in [0.5, 0.6) is 0 Å². The highest BCUT2D eigenvalue weighted by atomic mass is 31.1. The van der Waals surface area contributed by atoms with E-state index in [1.807, 2.05) is 77.9 Å². The average molecular weight is 857 g/mol. The summed E-state index contributed by atoms with van der Waals surface area (Å²) in [6.07, 6.45) is 0.104. The lowest BCUT2D eigenvalue weighted by Crippen LogP contribution is -2.50. The van der Waals surface area contributed by atoms with E-state index in [1.54, 1.807) is 0 Å². The van der Waals surface area contributed by atoms with Crippen molar-refractivity contribution in [3.8, 4) is 0 Å². The Kier molecular flexibility index (Phi) is 16.8. The Hall–Kier alpha value is -4.89. The van der Waals surface area contributed by atoms with Crippen LogP contribution in [0, 0.1) is 114 Å². The normalized spacial score (nSPS) is 11.1. The van der Waals surface area contributed by atoms with Gasteiger partial charge in [0.2, 0.25) is 0 Å². The first-order valence-corrected chi connectivity index (χ1v) is 21.3. The van der Waals surface area contributed by atoms with E-state index < -0.39 is 90.1 Å². The van der Waals surface area contributed by atoms with Crippen LogP contribution in [-0.2, 0) is 0 Å². The molecule has 0 unspecified atom stereocenters. The van der Waals surface area contributed by atoms with Crippen LogP contribution in [0.25, 0.3) is 0 Å². The van der Waals surface area contributed by atoms with E-state index in [-0.39, 0.29) is 12.8 Å². The molecule has 0 N–H and O–H groups in total. The van der Waals surface area contributed by atoms with Gasteiger partial charge in [0.25, 0.3) is 0 Å². The molecular weight excluding hydrogens is 808 g/mol. The molecule has 60 heavy (non-hydrogen) atoms. The quantitative estimate of drug-likeness (QED) is 0.0339.